The summed E-state index contributed by atoms with van der Waals surface area (Å²) in [6.07, 6.45) is 4.90. The zero-order chi connectivity index (χ0) is 20.1. The molecule has 0 aromatic heterocycles. The summed E-state index contributed by atoms with van der Waals surface area (Å²) >= 11 is 0. The molecule has 0 atom stereocenters. The second kappa shape index (κ2) is 8.46. The van der Waals surface area contributed by atoms with Gasteiger partial charge in [0.25, 0.3) is 5.91 Å². The van der Waals surface area contributed by atoms with Crippen LogP contribution in [0.2, 0.25) is 0 Å². The fourth-order valence-electron chi connectivity index (χ4n) is 4.00. The minimum atomic E-state index is -0.523. The highest BCUT2D eigenvalue weighted by molar-refractivity contribution is 6.02. The Balaban J connectivity index is 1.92. The lowest BCUT2D eigenvalue weighted by Crippen LogP contribution is -2.42. The van der Waals surface area contributed by atoms with E-state index in [1.165, 1.54) is 12.0 Å². The molecule has 2 amide bonds. The lowest BCUT2D eigenvalue weighted by Gasteiger charge is -2.36. The summed E-state index contributed by atoms with van der Waals surface area (Å²) in [5.41, 5.74) is 1.58. The van der Waals surface area contributed by atoms with Crippen molar-refractivity contribution >= 4 is 17.5 Å². The van der Waals surface area contributed by atoms with Gasteiger partial charge in [-0.2, -0.15) is 0 Å². The van der Waals surface area contributed by atoms with Crippen molar-refractivity contribution < 1.29 is 14.3 Å². The van der Waals surface area contributed by atoms with Crippen molar-refractivity contribution in [2.24, 2.45) is 0 Å². The number of nitrogens with one attached hydrogen (secondary N) is 1. The van der Waals surface area contributed by atoms with Crippen LogP contribution >= 0.6 is 0 Å². The molecule has 2 aromatic carbocycles. The van der Waals surface area contributed by atoms with Gasteiger partial charge in [-0.15, -0.1) is 0 Å². The van der Waals surface area contributed by atoms with Crippen LogP contribution in [0.1, 0.15) is 48.0 Å². The molecule has 1 saturated carbocycles. The monoisotopic (exact) mass is 380 g/mol. The van der Waals surface area contributed by atoms with Gasteiger partial charge in [0.2, 0.25) is 5.91 Å². The van der Waals surface area contributed by atoms with Crippen molar-refractivity contribution in [1.82, 2.24) is 4.90 Å². The van der Waals surface area contributed by atoms with Crippen molar-refractivity contribution in [2.75, 3.05) is 26.5 Å². The number of hydrogen-bond donors (Lipinski definition) is 1. The molecule has 0 aliphatic heterocycles. The van der Waals surface area contributed by atoms with E-state index in [0.29, 0.717) is 17.0 Å². The average Bonchev–Trinajstić information content (AvgIpc) is 2.74. The van der Waals surface area contributed by atoms with Crippen molar-refractivity contribution in [3.63, 3.8) is 0 Å². The SMILES string of the molecule is COc1ccc(NC(=O)C2(c3ccccc3)CCCCC2)cc1C(=O)N(C)C. The maximum Gasteiger partial charge on any atom is 0.257 e. The Bertz CT molecular complexity index is 840. The lowest BCUT2D eigenvalue weighted by molar-refractivity contribution is -0.122. The molecule has 0 spiro atoms. The molecule has 148 valence electrons. The number of hydrogen-bond acceptors (Lipinski definition) is 3. The molecular formula is C23H28N2O3. The van der Waals surface area contributed by atoms with Crippen LogP contribution in [0.25, 0.3) is 0 Å². The first-order valence-corrected chi connectivity index (χ1v) is 9.74. The molecule has 1 N–H and O–H groups in total. The molecule has 3 rings (SSSR count). The smallest absolute Gasteiger partial charge is 0.257 e. The van der Waals surface area contributed by atoms with E-state index in [-0.39, 0.29) is 11.8 Å². The zero-order valence-electron chi connectivity index (χ0n) is 16.8. The average molecular weight is 380 g/mol. The van der Waals surface area contributed by atoms with E-state index in [9.17, 15) is 9.59 Å². The summed E-state index contributed by atoms with van der Waals surface area (Å²) in [4.78, 5) is 27.4. The first-order chi connectivity index (χ1) is 13.5. The Morgan fingerprint density at radius 1 is 1.00 bits per heavy atom. The van der Waals surface area contributed by atoms with E-state index in [0.717, 1.165) is 37.7 Å². The van der Waals surface area contributed by atoms with Crippen LogP contribution in [0, 0.1) is 0 Å². The molecule has 1 aliphatic carbocycles. The molecule has 1 fully saturated rings. The number of carbonyl (C=O) groups is 2. The molecule has 1 aliphatic rings. The van der Waals surface area contributed by atoms with E-state index in [4.69, 9.17) is 4.74 Å². The third-order valence-corrected chi connectivity index (χ3v) is 5.56. The highest BCUT2D eigenvalue weighted by Gasteiger charge is 2.41. The molecule has 28 heavy (non-hydrogen) atoms. The van der Waals surface area contributed by atoms with Gasteiger partial charge in [0, 0.05) is 19.8 Å². The number of rotatable bonds is 5. The highest BCUT2D eigenvalue weighted by atomic mass is 16.5. The Morgan fingerprint density at radius 3 is 2.29 bits per heavy atom. The molecular weight excluding hydrogens is 352 g/mol. The molecule has 0 saturated heterocycles. The Morgan fingerprint density at radius 2 is 1.68 bits per heavy atom. The van der Waals surface area contributed by atoms with Crippen LogP contribution in [0.15, 0.2) is 48.5 Å². The quantitative estimate of drug-likeness (QED) is 0.844. The third-order valence-electron chi connectivity index (χ3n) is 5.56. The van der Waals surface area contributed by atoms with Crippen molar-refractivity contribution in [3.8, 4) is 5.75 Å². The van der Waals surface area contributed by atoms with Crippen LogP contribution < -0.4 is 10.1 Å². The number of anilines is 1. The van der Waals surface area contributed by atoms with E-state index in [1.54, 1.807) is 32.3 Å². The van der Waals surface area contributed by atoms with Gasteiger partial charge < -0.3 is 15.0 Å². The van der Waals surface area contributed by atoms with Gasteiger partial charge >= 0.3 is 0 Å². The summed E-state index contributed by atoms with van der Waals surface area (Å²) in [6, 6.07) is 15.2. The van der Waals surface area contributed by atoms with E-state index < -0.39 is 5.41 Å². The Kier molecular flexibility index (Phi) is 6.02. The zero-order valence-corrected chi connectivity index (χ0v) is 16.8. The number of ether oxygens (including phenoxy) is 1. The standard InChI is InChI=1S/C23H28N2O3/c1-25(2)21(26)19-16-18(12-13-20(19)28-3)24-22(27)23(14-8-5-9-15-23)17-10-6-4-7-11-17/h4,6-7,10-13,16H,5,8-9,14-15H2,1-3H3,(H,24,27). The van der Waals surface area contributed by atoms with Crippen molar-refractivity contribution in [1.29, 1.82) is 0 Å². The normalized spacial score (nSPS) is 15.5. The van der Waals surface area contributed by atoms with Gasteiger partial charge in [-0.3, -0.25) is 9.59 Å². The maximum atomic E-state index is 13.4. The van der Waals surface area contributed by atoms with E-state index >= 15 is 0 Å². The molecule has 5 heteroatoms. The maximum absolute atomic E-state index is 13.4. The largest absolute Gasteiger partial charge is 0.496 e. The van der Waals surface area contributed by atoms with Crippen LogP contribution in [0.5, 0.6) is 5.75 Å². The van der Waals surface area contributed by atoms with E-state index in [1.807, 2.05) is 30.3 Å². The van der Waals surface area contributed by atoms with Gasteiger partial charge in [0.1, 0.15) is 5.75 Å². The molecule has 2 aromatic rings. The number of methoxy groups -OCH3 is 1. The highest BCUT2D eigenvalue weighted by Crippen LogP contribution is 2.40. The Hall–Kier alpha value is -2.82. The fourth-order valence-corrected chi connectivity index (χ4v) is 4.00. The summed E-state index contributed by atoms with van der Waals surface area (Å²) in [6.45, 7) is 0. The number of carbonyl (C=O) groups excluding carboxylic acids is 2. The third kappa shape index (κ3) is 3.88. The van der Waals surface area contributed by atoms with Crippen LogP contribution in [0.3, 0.4) is 0 Å². The summed E-state index contributed by atoms with van der Waals surface area (Å²) in [5, 5.41) is 3.07. The number of benzene rings is 2. The van der Waals surface area contributed by atoms with Crippen LogP contribution in [-0.2, 0) is 10.2 Å². The summed E-state index contributed by atoms with van der Waals surface area (Å²) in [7, 11) is 4.92. The van der Waals surface area contributed by atoms with Gasteiger partial charge in [-0.25, -0.2) is 0 Å². The summed E-state index contributed by atoms with van der Waals surface area (Å²) in [5.74, 6) is 0.322. The fraction of sp³-hybridized carbons (Fsp3) is 0.391. The first-order valence-electron chi connectivity index (χ1n) is 9.74. The molecule has 0 radical (unpaired) electrons. The molecule has 0 bridgehead atoms. The van der Waals surface area contributed by atoms with Gasteiger partial charge in [0.15, 0.2) is 0 Å². The van der Waals surface area contributed by atoms with Crippen molar-refractivity contribution in [2.45, 2.75) is 37.5 Å². The topological polar surface area (TPSA) is 58.6 Å². The van der Waals surface area contributed by atoms with Gasteiger partial charge in [-0.05, 0) is 36.6 Å². The Labute approximate surface area is 166 Å². The minimum absolute atomic E-state index is 0.00758. The molecule has 0 heterocycles. The van der Waals surface area contributed by atoms with Crippen LogP contribution in [-0.4, -0.2) is 37.9 Å². The van der Waals surface area contributed by atoms with Gasteiger partial charge in [-0.1, -0.05) is 49.6 Å². The molecule has 5 nitrogen and oxygen atoms in total. The van der Waals surface area contributed by atoms with E-state index in [2.05, 4.69) is 5.32 Å². The molecule has 0 unspecified atom stereocenters. The minimum Gasteiger partial charge on any atom is -0.496 e. The van der Waals surface area contributed by atoms with Gasteiger partial charge in [0.05, 0.1) is 18.1 Å². The lowest BCUT2D eigenvalue weighted by atomic mass is 9.68. The van der Waals surface area contributed by atoms with Crippen LogP contribution in [0.4, 0.5) is 5.69 Å². The van der Waals surface area contributed by atoms with Crippen molar-refractivity contribution in [3.05, 3.63) is 59.7 Å². The predicted molar refractivity (Wildman–Crippen MR) is 111 cm³/mol. The summed E-state index contributed by atoms with van der Waals surface area (Å²) < 4.78 is 5.32. The number of nitrogens with zero attached hydrogens (tertiary/aromatic N) is 1. The predicted octanol–water partition coefficient (Wildman–Crippen LogP) is 4.24. The second-order valence-corrected chi connectivity index (χ2v) is 7.58. The first kappa shape index (κ1) is 19.9. The number of amides is 2. The second-order valence-electron chi connectivity index (χ2n) is 7.58.